The van der Waals surface area contributed by atoms with Crippen LogP contribution in [0.25, 0.3) is 0 Å². The number of rotatable bonds is 5. The van der Waals surface area contributed by atoms with E-state index in [9.17, 15) is 4.57 Å². The van der Waals surface area contributed by atoms with Gasteiger partial charge in [-0.25, -0.2) is 0 Å². The third kappa shape index (κ3) is 3.27. The van der Waals surface area contributed by atoms with Crippen LogP contribution < -0.4 is 0 Å². The molecule has 0 spiro atoms. The maximum atomic E-state index is 12.3. The molecule has 0 amide bonds. The summed E-state index contributed by atoms with van der Waals surface area (Å²) in [4.78, 5) is 0.0659. The molecule has 0 saturated carbocycles. The van der Waals surface area contributed by atoms with Crippen LogP contribution in [0.2, 0.25) is 0 Å². The van der Waals surface area contributed by atoms with Gasteiger partial charge in [-0.1, -0.05) is 6.42 Å². The summed E-state index contributed by atoms with van der Waals surface area (Å²) in [5.41, 5.74) is 0. The van der Waals surface area contributed by atoms with Crippen molar-refractivity contribution in [2.75, 3.05) is 19.0 Å². The molecule has 0 radical (unpaired) electrons. The van der Waals surface area contributed by atoms with Gasteiger partial charge in [0.1, 0.15) is 4.99 Å². The maximum absolute atomic E-state index is 12.3. The molecular formula is C9H19O3PS. The Morgan fingerprint density at radius 2 is 1.93 bits per heavy atom. The molecule has 1 atom stereocenters. The first-order valence-electron chi connectivity index (χ1n) is 5.23. The molecule has 1 rings (SSSR count). The molecule has 14 heavy (non-hydrogen) atoms. The summed E-state index contributed by atoms with van der Waals surface area (Å²) >= 11 is 1.74. The molecule has 1 saturated heterocycles. The molecule has 0 N–H and O–H groups in total. The molecule has 0 bridgehead atoms. The minimum Gasteiger partial charge on any atom is -0.308 e. The lowest BCUT2D eigenvalue weighted by molar-refractivity contribution is 0.217. The lowest BCUT2D eigenvalue weighted by atomic mass is 10.3. The zero-order valence-electron chi connectivity index (χ0n) is 8.90. The lowest BCUT2D eigenvalue weighted by Gasteiger charge is -2.28. The predicted octanol–water partition coefficient (Wildman–Crippen LogP) is 3.50. The summed E-state index contributed by atoms with van der Waals surface area (Å²) in [6, 6.07) is 0. The fourth-order valence-corrected chi connectivity index (χ4v) is 5.55. The van der Waals surface area contributed by atoms with Gasteiger partial charge >= 0.3 is 7.60 Å². The van der Waals surface area contributed by atoms with Gasteiger partial charge < -0.3 is 9.05 Å². The van der Waals surface area contributed by atoms with Gasteiger partial charge in [-0.2, -0.15) is 0 Å². The fraction of sp³-hybridized carbons (Fsp3) is 1.00. The Hall–Kier alpha value is 0.500. The molecule has 1 aliphatic rings. The van der Waals surface area contributed by atoms with Gasteiger partial charge in [0, 0.05) is 0 Å². The van der Waals surface area contributed by atoms with E-state index in [1.54, 1.807) is 11.8 Å². The number of hydrogen-bond donors (Lipinski definition) is 0. The van der Waals surface area contributed by atoms with E-state index in [1.165, 1.54) is 6.42 Å². The monoisotopic (exact) mass is 238 g/mol. The van der Waals surface area contributed by atoms with Crippen LogP contribution in [-0.2, 0) is 13.6 Å². The van der Waals surface area contributed by atoms with Crippen molar-refractivity contribution in [3.63, 3.8) is 0 Å². The van der Waals surface area contributed by atoms with Crippen molar-refractivity contribution in [3.05, 3.63) is 0 Å². The molecule has 0 aromatic rings. The Morgan fingerprint density at radius 3 is 2.36 bits per heavy atom. The quantitative estimate of drug-likeness (QED) is 0.687. The third-order valence-electron chi connectivity index (χ3n) is 2.13. The summed E-state index contributed by atoms with van der Waals surface area (Å²) < 4.78 is 22.9. The number of thioether (sulfide) groups is 1. The summed E-state index contributed by atoms with van der Waals surface area (Å²) in [5, 5.41) is 0. The van der Waals surface area contributed by atoms with Crippen molar-refractivity contribution in [3.8, 4) is 0 Å². The second kappa shape index (κ2) is 6.16. The minimum atomic E-state index is -2.83. The van der Waals surface area contributed by atoms with E-state index in [4.69, 9.17) is 9.05 Å². The van der Waals surface area contributed by atoms with Crippen LogP contribution in [0, 0.1) is 0 Å². The highest BCUT2D eigenvalue weighted by Crippen LogP contribution is 2.59. The topological polar surface area (TPSA) is 35.5 Å². The van der Waals surface area contributed by atoms with E-state index in [2.05, 4.69) is 0 Å². The van der Waals surface area contributed by atoms with Gasteiger partial charge in [-0.05, 0) is 32.4 Å². The largest absolute Gasteiger partial charge is 0.343 e. The van der Waals surface area contributed by atoms with Gasteiger partial charge in [0.25, 0.3) is 0 Å². The van der Waals surface area contributed by atoms with Crippen LogP contribution >= 0.6 is 19.4 Å². The summed E-state index contributed by atoms with van der Waals surface area (Å²) in [5.74, 6) is 1.08. The van der Waals surface area contributed by atoms with Gasteiger partial charge in [0.05, 0.1) is 13.2 Å². The average Bonchev–Trinajstić information content (AvgIpc) is 2.20. The number of hydrogen-bond acceptors (Lipinski definition) is 4. The third-order valence-corrected chi connectivity index (χ3v) is 6.69. The van der Waals surface area contributed by atoms with E-state index >= 15 is 0 Å². The van der Waals surface area contributed by atoms with Crippen molar-refractivity contribution in [1.82, 2.24) is 0 Å². The van der Waals surface area contributed by atoms with Crippen molar-refractivity contribution in [1.29, 1.82) is 0 Å². The Labute approximate surface area is 90.5 Å². The van der Waals surface area contributed by atoms with Crippen molar-refractivity contribution in [2.45, 2.75) is 38.1 Å². The van der Waals surface area contributed by atoms with E-state index in [0.29, 0.717) is 13.2 Å². The zero-order valence-corrected chi connectivity index (χ0v) is 10.6. The van der Waals surface area contributed by atoms with E-state index < -0.39 is 7.60 Å². The SMILES string of the molecule is CCOP(=O)(OCC)C1CCCCS1. The van der Waals surface area contributed by atoms with Gasteiger partial charge in [0.2, 0.25) is 0 Å². The smallest absolute Gasteiger partial charge is 0.308 e. The van der Waals surface area contributed by atoms with Crippen LogP contribution in [0.3, 0.4) is 0 Å². The first-order chi connectivity index (χ1) is 6.73. The van der Waals surface area contributed by atoms with Crippen LogP contribution in [0.1, 0.15) is 33.1 Å². The summed E-state index contributed by atoms with van der Waals surface area (Å²) in [6.45, 7) is 4.65. The molecule has 1 unspecified atom stereocenters. The molecule has 0 aromatic heterocycles. The highest BCUT2D eigenvalue weighted by molar-refractivity contribution is 8.05. The predicted molar refractivity (Wildman–Crippen MR) is 61.0 cm³/mol. The Bertz CT molecular complexity index is 194. The lowest BCUT2D eigenvalue weighted by Crippen LogP contribution is -2.14. The second-order valence-corrected chi connectivity index (χ2v) is 7.08. The van der Waals surface area contributed by atoms with Crippen molar-refractivity contribution < 1.29 is 13.6 Å². The Balaban J connectivity index is 2.59. The second-order valence-electron chi connectivity index (χ2n) is 3.20. The van der Waals surface area contributed by atoms with Crippen LogP contribution in [-0.4, -0.2) is 24.0 Å². The van der Waals surface area contributed by atoms with Crippen LogP contribution in [0.5, 0.6) is 0 Å². The molecule has 3 nitrogen and oxygen atoms in total. The van der Waals surface area contributed by atoms with E-state index in [-0.39, 0.29) is 4.99 Å². The molecule has 1 fully saturated rings. The summed E-state index contributed by atoms with van der Waals surface area (Å²) in [6.07, 6.45) is 3.32. The molecule has 5 heteroatoms. The fourth-order valence-electron chi connectivity index (χ4n) is 1.54. The first-order valence-corrected chi connectivity index (χ1v) is 7.89. The first kappa shape index (κ1) is 12.6. The Morgan fingerprint density at radius 1 is 1.29 bits per heavy atom. The highest BCUT2D eigenvalue weighted by Gasteiger charge is 2.36. The standard InChI is InChI=1S/C9H19O3PS/c1-3-11-13(10,12-4-2)9-7-5-6-8-14-9/h9H,3-8H2,1-2H3. The molecule has 84 valence electrons. The Kier molecular flexibility index (Phi) is 5.53. The molecular weight excluding hydrogens is 219 g/mol. The zero-order chi connectivity index (χ0) is 10.4. The normalized spacial score (nSPS) is 23.7. The molecule has 0 aliphatic carbocycles. The van der Waals surface area contributed by atoms with Gasteiger partial charge in [-0.3, -0.25) is 4.57 Å². The van der Waals surface area contributed by atoms with Gasteiger partial charge in [-0.15, -0.1) is 11.8 Å². The molecule has 1 heterocycles. The van der Waals surface area contributed by atoms with Gasteiger partial charge in [0.15, 0.2) is 0 Å². The average molecular weight is 238 g/mol. The molecule has 1 aliphatic heterocycles. The molecule has 0 aromatic carbocycles. The summed E-state index contributed by atoms with van der Waals surface area (Å²) in [7, 11) is -2.83. The highest BCUT2D eigenvalue weighted by atomic mass is 32.2. The van der Waals surface area contributed by atoms with E-state index in [0.717, 1.165) is 18.6 Å². The van der Waals surface area contributed by atoms with Crippen LogP contribution in [0.4, 0.5) is 0 Å². The van der Waals surface area contributed by atoms with Crippen molar-refractivity contribution in [2.24, 2.45) is 0 Å². The minimum absolute atomic E-state index is 0.0659. The maximum Gasteiger partial charge on any atom is 0.343 e. The van der Waals surface area contributed by atoms with Crippen LogP contribution in [0.15, 0.2) is 0 Å². The van der Waals surface area contributed by atoms with E-state index in [1.807, 2.05) is 13.8 Å². The van der Waals surface area contributed by atoms with Crippen molar-refractivity contribution >= 4 is 19.4 Å².